The van der Waals surface area contributed by atoms with Crippen LogP contribution in [0.5, 0.6) is 0 Å². The molecule has 0 aliphatic carbocycles. The molecule has 0 aliphatic rings. The fourth-order valence-electron chi connectivity index (χ4n) is 1.71. The molecule has 1 aromatic carbocycles. The van der Waals surface area contributed by atoms with Gasteiger partial charge in [0.2, 0.25) is 0 Å². The van der Waals surface area contributed by atoms with Crippen LogP contribution in [0, 0.1) is 0 Å². The zero-order chi connectivity index (χ0) is 15.0. The Labute approximate surface area is 120 Å². The third-order valence-electron chi connectivity index (χ3n) is 3.15. The number of aliphatic hydroxyl groups excluding tert-OH is 1. The molecule has 0 aliphatic heterocycles. The summed E-state index contributed by atoms with van der Waals surface area (Å²) in [5.41, 5.74) is 0.569. The zero-order valence-corrected chi connectivity index (χ0v) is 12.3. The molecule has 0 heterocycles. The van der Waals surface area contributed by atoms with Gasteiger partial charge in [-0.05, 0) is 25.8 Å². The predicted octanol–water partition coefficient (Wildman–Crippen LogP) is 1.83. The number of carbonyl (C=O) groups is 1. The van der Waals surface area contributed by atoms with Gasteiger partial charge in [-0.3, -0.25) is 0 Å². The second kappa shape index (κ2) is 7.87. The highest BCUT2D eigenvalue weighted by molar-refractivity contribution is 5.74. The Bertz CT molecular complexity index is 407. The van der Waals surface area contributed by atoms with Crippen molar-refractivity contribution in [3.05, 3.63) is 35.9 Å². The number of carbonyl (C=O) groups excluding carboxylic acids is 1. The summed E-state index contributed by atoms with van der Waals surface area (Å²) in [5, 5.41) is 14.8. The molecule has 1 atom stereocenters. The fraction of sp³-hybridized carbons (Fsp3) is 0.533. The molecule has 0 radical (unpaired) electrons. The van der Waals surface area contributed by atoms with Crippen molar-refractivity contribution in [3.63, 3.8) is 0 Å². The molecule has 112 valence electrons. The number of benzene rings is 1. The normalized spacial score (nSPS) is 12.8. The monoisotopic (exact) mass is 280 g/mol. The number of nitrogens with one attached hydrogen (secondary N) is 2. The fourth-order valence-corrected chi connectivity index (χ4v) is 1.71. The largest absolute Gasteiger partial charge is 0.396 e. The number of hydrogen-bond acceptors (Lipinski definition) is 3. The summed E-state index contributed by atoms with van der Waals surface area (Å²) < 4.78 is 5.24. The van der Waals surface area contributed by atoms with Crippen molar-refractivity contribution in [3.8, 4) is 0 Å². The van der Waals surface area contributed by atoms with Crippen LogP contribution in [0.3, 0.4) is 0 Å². The number of rotatable bonds is 7. The van der Waals surface area contributed by atoms with E-state index in [0.29, 0.717) is 13.0 Å². The minimum Gasteiger partial charge on any atom is -0.396 e. The average molecular weight is 280 g/mol. The Hall–Kier alpha value is -1.59. The maximum Gasteiger partial charge on any atom is 0.315 e. The SMILES string of the molecule is COC(C)(C)CNC(=O)N[C@H](CCO)c1ccccc1. The molecule has 0 bridgehead atoms. The first-order chi connectivity index (χ1) is 9.48. The summed E-state index contributed by atoms with van der Waals surface area (Å²) in [6.45, 7) is 4.23. The zero-order valence-electron chi connectivity index (χ0n) is 12.3. The van der Waals surface area contributed by atoms with E-state index >= 15 is 0 Å². The molecule has 5 heteroatoms. The number of hydrogen-bond donors (Lipinski definition) is 3. The summed E-state index contributed by atoms with van der Waals surface area (Å²) in [6.07, 6.45) is 0.477. The molecule has 0 saturated carbocycles. The lowest BCUT2D eigenvalue weighted by molar-refractivity contribution is 0.0253. The molecule has 5 nitrogen and oxygen atoms in total. The molecule has 2 amide bonds. The molecule has 3 N–H and O–H groups in total. The van der Waals surface area contributed by atoms with Crippen LogP contribution in [0.15, 0.2) is 30.3 Å². The highest BCUT2D eigenvalue weighted by atomic mass is 16.5. The molecule has 0 saturated heterocycles. The van der Waals surface area contributed by atoms with Gasteiger partial charge >= 0.3 is 6.03 Å². The van der Waals surface area contributed by atoms with Gasteiger partial charge in [0.1, 0.15) is 0 Å². The van der Waals surface area contributed by atoms with Gasteiger partial charge in [-0.15, -0.1) is 0 Å². The lowest BCUT2D eigenvalue weighted by Gasteiger charge is -2.24. The van der Waals surface area contributed by atoms with Gasteiger partial charge in [0.05, 0.1) is 11.6 Å². The Morgan fingerprint density at radius 1 is 1.35 bits per heavy atom. The van der Waals surface area contributed by atoms with E-state index in [2.05, 4.69) is 10.6 Å². The summed E-state index contributed by atoms with van der Waals surface area (Å²) >= 11 is 0. The van der Waals surface area contributed by atoms with Crippen molar-refractivity contribution in [1.29, 1.82) is 0 Å². The van der Waals surface area contributed by atoms with Crippen LogP contribution in [0.4, 0.5) is 4.79 Å². The van der Waals surface area contributed by atoms with Crippen LogP contribution in [0.25, 0.3) is 0 Å². The minimum absolute atomic E-state index is 0.0173. The van der Waals surface area contributed by atoms with E-state index in [-0.39, 0.29) is 18.7 Å². The van der Waals surface area contributed by atoms with Crippen molar-refractivity contribution in [2.75, 3.05) is 20.3 Å². The topological polar surface area (TPSA) is 70.6 Å². The Balaban J connectivity index is 2.56. The molecule has 0 unspecified atom stereocenters. The van der Waals surface area contributed by atoms with Gasteiger partial charge in [0.25, 0.3) is 0 Å². The van der Waals surface area contributed by atoms with Crippen molar-refractivity contribution in [2.45, 2.75) is 31.9 Å². The summed E-state index contributed by atoms with van der Waals surface area (Å²) in [5.74, 6) is 0. The number of urea groups is 1. The summed E-state index contributed by atoms with van der Waals surface area (Å²) in [7, 11) is 1.61. The van der Waals surface area contributed by atoms with Crippen LogP contribution in [-0.4, -0.2) is 37.0 Å². The number of ether oxygens (including phenoxy) is 1. The Morgan fingerprint density at radius 2 is 2.00 bits per heavy atom. The van der Waals surface area contributed by atoms with E-state index in [0.717, 1.165) is 5.56 Å². The average Bonchev–Trinajstić information content (AvgIpc) is 2.46. The lowest BCUT2D eigenvalue weighted by Crippen LogP contribution is -2.45. The predicted molar refractivity (Wildman–Crippen MR) is 78.5 cm³/mol. The third-order valence-corrected chi connectivity index (χ3v) is 3.15. The Morgan fingerprint density at radius 3 is 2.55 bits per heavy atom. The third kappa shape index (κ3) is 5.59. The first-order valence-electron chi connectivity index (χ1n) is 6.74. The summed E-state index contributed by atoms with van der Waals surface area (Å²) in [4.78, 5) is 11.9. The summed E-state index contributed by atoms with van der Waals surface area (Å²) in [6, 6.07) is 9.13. The van der Waals surface area contributed by atoms with Gasteiger partial charge < -0.3 is 20.5 Å². The molecular weight excluding hydrogens is 256 g/mol. The van der Waals surface area contributed by atoms with E-state index < -0.39 is 5.60 Å². The highest BCUT2D eigenvalue weighted by Gasteiger charge is 2.19. The lowest BCUT2D eigenvalue weighted by atomic mass is 10.0. The maximum absolute atomic E-state index is 11.9. The molecule has 1 aromatic rings. The highest BCUT2D eigenvalue weighted by Crippen LogP contribution is 2.15. The van der Waals surface area contributed by atoms with Gasteiger partial charge in [-0.2, -0.15) is 0 Å². The first-order valence-corrected chi connectivity index (χ1v) is 6.74. The van der Waals surface area contributed by atoms with Crippen LogP contribution in [0.1, 0.15) is 31.9 Å². The van der Waals surface area contributed by atoms with E-state index in [1.807, 2.05) is 44.2 Å². The number of aliphatic hydroxyl groups is 1. The number of amides is 2. The maximum atomic E-state index is 11.9. The van der Waals surface area contributed by atoms with Gasteiger partial charge in [-0.25, -0.2) is 4.79 Å². The van der Waals surface area contributed by atoms with Crippen LogP contribution in [0.2, 0.25) is 0 Å². The molecular formula is C15H24N2O3. The van der Waals surface area contributed by atoms with E-state index in [9.17, 15) is 4.79 Å². The smallest absolute Gasteiger partial charge is 0.315 e. The quantitative estimate of drug-likeness (QED) is 0.713. The van der Waals surface area contributed by atoms with Crippen LogP contribution < -0.4 is 10.6 Å². The second-order valence-electron chi connectivity index (χ2n) is 5.27. The van der Waals surface area contributed by atoms with Gasteiger partial charge in [0.15, 0.2) is 0 Å². The van der Waals surface area contributed by atoms with Crippen molar-refractivity contribution >= 4 is 6.03 Å². The first kappa shape index (κ1) is 16.5. The Kier molecular flexibility index (Phi) is 6.48. The van der Waals surface area contributed by atoms with Gasteiger partial charge in [-0.1, -0.05) is 30.3 Å². The van der Waals surface area contributed by atoms with Crippen LogP contribution in [-0.2, 0) is 4.74 Å². The molecule has 0 fully saturated rings. The standard InChI is InChI=1S/C15H24N2O3/c1-15(2,20-3)11-16-14(19)17-13(9-10-18)12-7-5-4-6-8-12/h4-8,13,18H,9-11H2,1-3H3,(H2,16,17,19)/t13-/m1/s1. The van der Waals surface area contributed by atoms with E-state index in [4.69, 9.17) is 9.84 Å². The second-order valence-corrected chi connectivity index (χ2v) is 5.27. The van der Waals surface area contributed by atoms with Crippen LogP contribution >= 0.6 is 0 Å². The van der Waals surface area contributed by atoms with E-state index in [1.54, 1.807) is 7.11 Å². The minimum atomic E-state index is -0.406. The van der Waals surface area contributed by atoms with Crippen molar-refractivity contribution in [1.82, 2.24) is 10.6 Å². The molecule has 20 heavy (non-hydrogen) atoms. The van der Waals surface area contributed by atoms with Crippen molar-refractivity contribution in [2.24, 2.45) is 0 Å². The number of methoxy groups -OCH3 is 1. The van der Waals surface area contributed by atoms with Crippen molar-refractivity contribution < 1.29 is 14.6 Å². The molecule has 0 aromatic heterocycles. The van der Waals surface area contributed by atoms with E-state index in [1.165, 1.54) is 0 Å². The van der Waals surface area contributed by atoms with Gasteiger partial charge in [0, 0.05) is 20.3 Å². The molecule has 0 spiro atoms. The molecule has 1 rings (SSSR count).